The van der Waals surface area contributed by atoms with Gasteiger partial charge in [0.15, 0.2) is 15.8 Å². The van der Waals surface area contributed by atoms with E-state index in [1.165, 1.54) is 6.26 Å². The summed E-state index contributed by atoms with van der Waals surface area (Å²) in [6, 6.07) is 0. The Kier molecular flexibility index (Phi) is 4.91. The number of nitrogens with two attached hydrogens (primary N) is 1. The second-order valence-corrected chi connectivity index (χ2v) is 7.15. The Balaban J connectivity index is 2.82. The lowest BCUT2D eigenvalue weighted by atomic mass is 10.5. The van der Waals surface area contributed by atoms with Crippen LogP contribution in [0, 0.1) is 0 Å². The second kappa shape index (κ2) is 5.77. The van der Waals surface area contributed by atoms with Crippen molar-refractivity contribution >= 4 is 27.6 Å². The molecule has 1 heterocycles. The van der Waals surface area contributed by atoms with Gasteiger partial charge in [-0.15, -0.1) is 0 Å². The predicted octanol–water partition coefficient (Wildman–Crippen LogP) is 0.131. The van der Waals surface area contributed by atoms with Crippen LogP contribution in [-0.2, 0) is 9.84 Å². The van der Waals surface area contributed by atoms with Gasteiger partial charge in [-0.3, -0.25) is 4.99 Å². The Bertz CT molecular complexity index is 354. The third kappa shape index (κ3) is 3.55. The summed E-state index contributed by atoms with van der Waals surface area (Å²) in [4.78, 5) is 5.89. The van der Waals surface area contributed by atoms with E-state index in [4.69, 9.17) is 5.73 Å². The molecule has 7 heteroatoms. The van der Waals surface area contributed by atoms with Crippen molar-refractivity contribution in [2.75, 3.05) is 30.9 Å². The van der Waals surface area contributed by atoms with Crippen molar-refractivity contribution in [2.45, 2.75) is 18.7 Å². The van der Waals surface area contributed by atoms with Gasteiger partial charge in [0.25, 0.3) is 0 Å². The topological polar surface area (TPSA) is 75.8 Å². The highest BCUT2D eigenvalue weighted by Crippen LogP contribution is 2.19. The van der Waals surface area contributed by atoms with E-state index in [-0.39, 0.29) is 0 Å². The van der Waals surface area contributed by atoms with Crippen LogP contribution in [0.3, 0.4) is 0 Å². The van der Waals surface area contributed by atoms with Gasteiger partial charge in [-0.1, -0.05) is 6.92 Å². The third-order valence-corrected chi connectivity index (χ3v) is 5.01. The van der Waals surface area contributed by atoms with Gasteiger partial charge in [-0.05, 0) is 6.42 Å². The minimum absolute atomic E-state index is 0.359. The highest BCUT2D eigenvalue weighted by Gasteiger charge is 2.31. The molecule has 1 saturated heterocycles. The van der Waals surface area contributed by atoms with Gasteiger partial charge in [-0.25, -0.2) is 8.42 Å². The summed E-state index contributed by atoms with van der Waals surface area (Å²) < 4.78 is 23.2. The van der Waals surface area contributed by atoms with E-state index in [0.717, 1.165) is 12.2 Å². The van der Waals surface area contributed by atoms with Crippen molar-refractivity contribution in [2.24, 2.45) is 10.7 Å². The minimum atomic E-state index is -3.10. The van der Waals surface area contributed by atoms with E-state index < -0.39 is 15.2 Å². The summed E-state index contributed by atoms with van der Waals surface area (Å²) in [5, 5.41) is -0.521. The molecule has 0 radical (unpaired) electrons. The fourth-order valence-corrected chi connectivity index (χ4v) is 4.34. The third-order valence-electron chi connectivity index (χ3n) is 2.37. The SMILES string of the molecule is CCCN=C(N)N1CCSCC1S(C)(=O)=O. The summed E-state index contributed by atoms with van der Waals surface area (Å²) in [5.74, 6) is 1.83. The summed E-state index contributed by atoms with van der Waals surface area (Å²) in [6.07, 6.45) is 2.16. The lowest BCUT2D eigenvalue weighted by Gasteiger charge is -2.34. The van der Waals surface area contributed by atoms with Crippen LogP contribution < -0.4 is 5.73 Å². The van der Waals surface area contributed by atoms with E-state index in [1.807, 2.05) is 6.92 Å². The molecule has 0 aromatic heterocycles. The van der Waals surface area contributed by atoms with Crippen molar-refractivity contribution in [1.82, 2.24) is 4.90 Å². The van der Waals surface area contributed by atoms with E-state index in [0.29, 0.717) is 24.8 Å². The maximum Gasteiger partial charge on any atom is 0.192 e. The number of guanidine groups is 1. The lowest BCUT2D eigenvalue weighted by molar-refractivity contribution is 0.405. The van der Waals surface area contributed by atoms with Gasteiger partial charge in [0.2, 0.25) is 0 Å². The Morgan fingerprint density at radius 3 is 2.88 bits per heavy atom. The molecule has 0 saturated carbocycles. The number of sulfone groups is 1. The molecule has 94 valence electrons. The molecule has 0 spiro atoms. The highest BCUT2D eigenvalue weighted by atomic mass is 32.2. The second-order valence-electron chi connectivity index (χ2n) is 3.79. The summed E-state index contributed by atoms with van der Waals surface area (Å²) in [6.45, 7) is 3.31. The van der Waals surface area contributed by atoms with Crippen LogP contribution in [0.4, 0.5) is 0 Å². The fraction of sp³-hybridized carbons (Fsp3) is 0.889. The molecular weight excluding hydrogens is 246 g/mol. The molecule has 1 rings (SSSR count). The first-order chi connectivity index (χ1) is 7.46. The van der Waals surface area contributed by atoms with Crippen molar-refractivity contribution in [3.05, 3.63) is 0 Å². The number of aliphatic imine (C=N–C) groups is 1. The van der Waals surface area contributed by atoms with Crippen molar-refractivity contribution in [3.63, 3.8) is 0 Å². The van der Waals surface area contributed by atoms with E-state index in [2.05, 4.69) is 4.99 Å². The molecule has 0 aromatic rings. The first-order valence-corrected chi connectivity index (χ1v) is 8.41. The normalized spacial score (nSPS) is 23.5. The average molecular weight is 265 g/mol. The summed E-state index contributed by atoms with van der Waals surface area (Å²) in [5.41, 5.74) is 5.82. The number of hydrogen-bond acceptors (Lipinski definition) is 4. The Morgan fingerprint density at radius 1 is 1.62 bits per heavy atom. The molecule has 2 N–H and O–H groups in total. The molecule has 0 amide bonds. The smallest absolute Gasteiger partial charge is 0.192 e. The molecule has 0 aliphatic carbocycles. The van der Waals surface area contributed by atoms with Crippen molar-refractivity contribution < 1.29 is 8.42 Å². The Morgan fingerprint density at radius 2 is 2.31 bits per heavy atom. The van der Waals surface area contributed by atoms with Crippen molar-refractivity contribution in [3.8, 4) is 0 Å². The number of rotatable bonds is 3. The maximum atomic E-state index is 11.6. The minimum Gasteiger partial charge on any atom is -0.370 e. The summed E-state index contributed by atoms with van der Waals surface area (Å²) in [7, 11) is -3.10. The van der Waals surface area contributed by atoms with Crippen LogP contribution >= 0.6 is 11.8 Å². The van der Waals surface area contributed by atoms with Gasteiger partial charge in [0.05, 0.1) is 0 Å². The predicted molar refractivity (Wildman–Crippen MR) is 69.4 cm³/mol. The summed E-state index contributed by atoms with van der Waals surface area (Å²) >= 11 is 1.64. The van der Waals surface area contributed by atoms with Crippen molar-refractivity contribution in [1.29, 1.82) is 0 Å². The van der Waals surface area contributed by atoms with Crippen LogP contribution in [0.25, 0.3) is 0 Å². The molecule has 1 atom stereocenters. The van der Waals surface area contributed by atoms with Gasteiger partial charge in [0.1, 0.15) is 5.37 Å². The van der Waals surface area contributed by atoms with Crippen LogP contribution in [0.1, 0.15) is 13.3 Å². The monoisotopic (exact) mass is 265 g/mol. The van der Waals surface area contributed by atoms with Crippen LogP contribution in [-0.4, -0.2) is 55.5 Å². The first-order valence-electron chi connectivity index (χ1n) is 5.30. The van der Waals surface area contributed by atoms with E-state index in [1.54, 1.807) is 16.7 Å². The van der Waals surface area contributed by atoms with Crippen LogP contribution in [0.2, 0.25) is 0 Å². The first kappa shape index (κ1) is 13.6. The molecule has 1 aliphatic rings. The van der Waals surface area contributed by atoms with Crippen LogP contribution in [0.5, 0.6) is 0 Å². The lowest BCUT2D eigenvalue weighted by Crippen LogP contribution is -2.52. The average Bonchev–Trinajstić information content (AvgIpc) is 2.24. The Hall–Kier alpha value is -0.430. The molecule has 16 heavy (non-hydrogen) atoms. The quantitative estimate of drug-likeness (QED) is 0.580. The molecule has 5 nitrogen and oxygen atoms in total. The fourth-order valence-electron chi connectivity index (χ4n) is 1.51. The number of thioether (sulfide) groups is 1. The molecule has 1 fully saturated rings. The standard InChI is InChI=1S/C9H19N3O2S2/c1-3-4-11-9(10)12-5-6-15-7-8(12)16(2,13)14/h8H,3-7H2,1-2H3,(H2,10,11). The zero-order valence-electron chi connectivity index (χ0n) is 9.72. The molecule has 1 unspecified atom stereocenters. The zero-order chi connectivity index (χ0) is 12.2. The molecule has 0 bridgehead atoms. The van der Waals surface area contributed by atoms with Crippen LogP contribution in [0.15, 0.2) is 4.99 Å². The van der Waals surface area contributed by atoms with Gasteiger partial charge in [-0.2, -0.15) is 11.8 Å². The maximum absolute atomic E-state index is 11.6. The zero-order valence-corrected chi connectivity index (χ0v) is 11.4. The Labute approximate surface area is 101 Å². The molecule has 1 aliphatic heterocycles. The number of nitrogens with zero attached hydrogens (tertiary/aromatic N) is 2. The molecular formula is C9H19N3O2S2. The van der Waals surface area contributed by atoms with Gasteiger partial charge >= 0.3 is 0 Å². The van der Waals surface area contributed by atoms with E-state index in [9.17, 15) is 8.42 Å². The van der Waals surface area contributed by atoms with Gasteiger partial charge < -0.3 is 10.6 Å². The highest BCUT2D eigenvalue weighted by molar-refractivity contribution is 8.00. The van der Waals surface area contributed by atoms with E-state index >= 15 is 0 Å². The molecule has 0 aromatic carbocycles. The largest absolute Gasteiger partial charge is 0.370 e. The van der Waals surface area contributed by atoms with Gasteiger partial charge in [0, 0.05) is 30.9 Å². The number of hydrogen-bond donors (Lipinski definition) is 1.